The zero-order valence-electron chi connectivity index (χ0n) is 11.5. The second-order valence-electron chi connectivity index (χ2n) is 4.42. The number of nitrogens with one attached hydrogen (secondary N) is 1. The molecule has 0 bridgehead atoms. The van der Waals surface area contributed by atoms with E-state index in [1.54, 1.807) is 18.2 Å². The van der Waals surface area contributed by atoms with Crippen molar-refractivity contribution in [1.82, 2.24) is 5.32 Å². The van der Waals surface area contributed by atoms with Crippen LogP contribution in [0, 0.1) is 5.92 Å². The summed E-state index contributed by atoms with van der Waals surface area (Å²) >= 11 is 0. The van der Waals surface area contributed by atoms with Crippen LogP contribution in [0.15, 0.2) is 18.2 Å². The third kappa shape index (κ3) is 4.13. The Labute approximate surface area is 113 Å². The van der Waals surface area contributed by atoms with E-state index in [0.717, 1.165) is 6.42 Å². The molecule has 1 aromatic carbocycles. The molecule has 19 heavy (non-hydrogen) atoms. The molecule has 5 nitrogen and oxygen atoms in total. The molecule has 1 rings (SSSR count). The van der Waals surface area contributed by atoms with E-state index in [4.69, 9.17) is 15.6 Å². The molecule has 0 aliphatic carbocycles. The SMILES string of the molecule is CCC(CCO)CNC(=O)c1c(N)cccc1OC. The molecule has 0 saturated carbocycles. The number of aliphatic hydroxyl groups is 1. The molecule has 0 aliphatic rings. The number of carbonyl (C=O) groups excluding carboxylic acids is 1. The molecule has 0 saturated heterocycles. The number of nitrogen functional groups attached to an aromatic ring is 1. The van der Waals surface area contributed by atoms with Gasteiger partial charge in [0.1, 0.15) is 11.3 Å². The first-order valence-corrected chi connectivity index (χ1v) is 6.45. The second-order valence-corrected chi connectivity index (χ2v) is 4.42. The molecule has 1 aromatic rings. The van der Waals surface area contributed by atoms with E-state index in [2.05, 4.69) is 5.32 Å². The van der Waals surface area contributed by atoms with Gasteiger partial charge in [-0.2, -0.15) is 0 Å². The maximum atomic E-state index is 12.1. The maximum Gasteiger partial charge on any atom is 0.257 e. The second kappa shape index (κ2) is 7.63. The van der Waals surface area contributed by atoms with Crippen molar-refractivity contribution in [3.63, 3.8) is 0 Å². The molecule has 0 heterocycles. The third-order valence-corrected chi connectivity index (χ3v) is 3.17. The lowest BCUT2D eigenvalue weighted by molar-refractivity contribution is 0.0941. The number of methoxy groups -OCH3 is 1. The minimum Gasteiger partial charge on any atom is -0.496 e. The first-order chi connectivity index (χ1) is 9.13. The highest BCUT2D eigenvalue weighted by atomic mass is 16.5. The van der Waals surface area contributed by atoms with E-state index < -0.39 is 0 Å². The van der Waals surface area contributed by atoms with Crippen LogP contribution < -0.4 is 15.8 Å². The van der Waals surface area contributed by atoms with E-state index in [9.17, 15) is 4.79 Å². The minimum absolute atomic E-state index is 0.130. The first kappa shape index (κ1) is 15.3. The number of benzene rings is 1. The molecule has 5 heteroatoms. The Morgan fingerprint density at radius 2 is 2.26 bits per heavy atom. The molecule has 0 spiro atoms. The summed E-state index contributed by atoms with van der Waals surface area (Å²) in [6, 6.07) is 5.12. The van der Waals surface area contributed by atoms with E-state index in [1.807, 2.05) is 6.92 Å². The van der Waals surface area contributed by atoms with E-state index >= 15 is 0 Å². The van der Waals surface area contributed by atoms with Gasteiger partial charge in [0.2, 0.25) is 0 Å². The van der Waals surface area contributed by atoms with Crippen molar-refractivity contribution in [2.24, 2.45) is 5.92 Å². The van der Waals surface area contributed by atoms with Crippen molar-refractivity contribution in [2.45, 2.75) is 19.8 Å². The lowest BCUT2D eigenvalue weighted by Crippen LogP contribution is -2.30. The predicted molar refractivity (Wildman–Crippen MR) is 75.2 cm³/mol. The van der Waals surface area contributed by atoms with Crippen molar-refractivity contribution < 1.29 is 14.6 Å². The van der Waals surface area contributed by atoms with Gasteiger partial charge in [0.05, 0.1) is 7.11 Å². The fourth-order valence-electron chi connectivity index (χ4n) is 1.92. The van der Waals surface area contributed by atoms with Gasteiger partial charge in [-0.05, 0) is 24.5 Å². The van der Waals surface area contributed by atoms with Crippen molar-refractivity contribution in [2.75, 3.05) is 26.0 Å². The Kier molecular flexibility index (Phi) is 6.15. The number of nitrogens with two attached hydrogens (primary N) is 1. The molecule has 0 aliphatic heterocycles. The molecule has 106 valence electrons. The van der Waals surface area contributed by atoms with Crippen LogP contribution in [0.4, 0.5) is 5.69 Å². The van der Waals surface area contributed by atoms with E-state index in [-0.39, 0.29) is 18.4 Å². The van der Waals surface area contributed by atoms with Gasteiger partial charge in [-0.25, -0.2) is 0 Å². The highest BCUT2D eigenvalue weighted by Gasteiger charge is 2.16. The van der Waals surface area contributed by atoms with E-state index in [1.165, 1.54) is 7.11 Å². The lowest BCUT2D eigenvalue weighted by Gasteiger charge is -2.16. The molecule has 0 aromatic heterocycles. The van der Waals surface area contributed by atoms with Crippen LogP contribution in [0.2, 0.25) is 0 Å². The van der Waals surface area contributed by atoms with Gasteiger partial charge in [0.15, 0.2) is 0 Å². The molecule has 1 atom stereocenters. The largest absolute Gasteiger partial charge is 0.496 e. The van der Waals surface area contributed by atoms with Crippen LogP contribution >= 0.6 is 0 Å². The number of hydrogen-bond donors (Lipinski definition) is 3. The number of amides is 1. The van der Waals surface area contributed by atoms with Crippen molar-refractivity contribution in [3.8, 4) is 5.75 Å². The minimum atomic E-state index is -0.244. The third-order valence-electron chi connectivity index (χ3n) is 3.17. The number of anilines is 1. The van der Waals surface area contributed by atoms with Crippen molar-refractivity contribution in [3.05, 3.63) is 23.8 Å². The van der Waals surface area contributed by atoms with Gasteiger partial charge >= 0.3 is 0 Å². The van der Waals surface area contributed by atoms with Crippen LogP contribution in [-0.2, 0) is 0 Å². The fourth-order valence-corrected chi connectivity index (χ4v) is 1.92. The molecular weight excluding hydrogens is 244 g/mol. The molecule has 0 radical (unpaired) electrons. The number of rotatable bonds is 7. The van der Waals surface area contributed by atoms with Crippen LogP contribution in [0.5, 0.6) is 5.75 Å². The first-order valence-electron chi connectivity index (χ1n) is 6.45. The van der Waals surface area contributed by atoms with Crippen LogP contribution in [0.25, 0.3) is 0 Å². The van der Waals surface area contributed by atoms with Gasteiger partial charge < -0.3 is 20.9 Å². The zero-order chi connectivity index (χ0) is 14.3. The predicted octanol–water partition coefficient (Wildman–Crippen LogP) is 1.42. The van der Waals surface area contributed by atoms with Gasteiger partial charge in [0.25, 0.3) is 5.91 Å². The van der Waals surface area contributed by atoms with Gasteiger partial charge in [-0.3, -0.25) is 4.79 Å². The Balaban J connectivity index is 2.73. The van der Waals surface area contributed by atoms with Gasteiger partial charge in [0, 0.05) is 18.8 Å². The monoisotopic (exact) mass is 266 g/mol. The molecule has 1 amide bonds. The highest BCUT2D eigenvalue weighted by molar-refractivity contribution is 6.01. The van der Waals surface area contributed by atoms with Crippen LogP contribution in [0.1, 0.15) is 30.1 Å². The summed E-state index contributed by atoms with van der Waals surface area (Å²) in [6.07, 6.45) is 1.58. The zero-order valence-corrected chi connectivity index (χ0v) is 11.5. The summed E-state index contributed by atoms with van der Waals surface area (Å²) in [5.74, 6) is 0.490. The number of ether oxygens (including phenoxy) is 1. The summed E-state index contributed by atoms with van der Waals surface area (Å²) in [5, 5.41) is 11.8. The Hall–Kier alpha value is -1.75. The topological polar surface area (TPSA) is 84.6 Å². The average molecular weight is 266 g/mol. The molecule has 1 unspecified atom stereocenters. The summed E-state index contributed by atoms with van der Waals surface area (Å²) in [5.41, 5.74) is 6.57. The number of hydrogen-bond acceptors (Lipinski definition) is 4. The quantitative estimate of drug-likeness (QED) is 0.652. The fraction of sp³-hybridized carbons (Fsp3) is 0.500. The summed E-state index contributed by atoms with van der Waals surface area (Å²) in [7, 11) is 1.51. The summed E-state index contributed by atoms with van der Waals surface area (Å²) in [6.45, 7) is 2.68. The van der Waals surface area contributed by atoms with Crippen LogP contribution in [0.3, 0.4) is 0 Å². The Bertz CT molecular complexity index is 421. The number of carbonyl (C=O) groups is 1. The standard InChI is InChI=1S/C14H22N2O3/c1-3-10(7-8-17)9-16-14(18)13-11(15)5-4-6-12(13)19-2/h4-6,10,17H,3,7-9,15H2,1-2H3,(H,16,18). The van der Waals surface area contributed by atoms with E-state index in [0.29, 0.717) is 30.0 Å². The number of aliphatic hydroxyl groups excluding tert-OH is 1. The normalized spacial score (nSPS) is 11.9. The van der Waals surface area contributed by atoms with Gasteiger partial charge in [-0.1, -0.05) is 19.4 Å². The van der Waals surface area contributed by atoms with Crippen molar-refractivity contribution in [1.29, 1.82) is 0 Å². The smallest absolute Gasteiger partial charge is 0.257 e. The Morgan fingerprint density at radius 1 is 1.53 bits per heavy atom. The molecular formula is C14H22N2O3. The molecule has 0 fully saturated rings. The van der Waals surface area contributed by atoms with Crippen LogP contribution in [-0.4, -0.2) is 31.3 Å². The Morgan fingerprint density at radius 3 is 2.84 bits per heavy atom. The average Bonchev–Trinajstić information content (AvgIpc) is 2.42. The lowest BCUT2D eigenvalue weighted by atomic mass is 10.0. The summed E-state index contributed by atoms with van der Waals surface area (Å²) in [4.78, 5) is 12.1. The van der Waals surface area contributed by atoms with Crippen molar-refractivity contribution >= 4 is 11.6 Å². The maximum absolute atomic E-state index is 12.1. The highest BCUT2D eigenvalue weighted by Crippen LogP contribution is 2.23. The van der Waals surface area contributed by atoms with Gasteiger partial charge in [-0.15, -0.1) is 0 Å². The summed E-state index contributed by atoms with van der Waals surface area (Å²) < 4.78 is 5.15. The molecule has 4 N–H and O–H groups in total.